The Balaban J connectivity index is 1.67. The third-order valence-electron chi connectivity index (χ3n) is 4.69. The summed E-state index contributed by atoms with van der Waals surface area (Å²) < 4.78 is 10.6. The fourth-order valence-corrected chi connectivity index (χ4v) is 3.05. The number of methoxy groups -OCH3 is 2. The molecule has 0 radical (unpaired) electrons. The van der Waals surface area contributed by atoms with Crippen molar-refractivity contribution in [1.82, 2.24) is 14.8 Å². The number of piperazine rings is 1. The van der Waals surface area contributed by atoms with Crippen LogP contribution >= 0.6 is 0 Å². The lowest BCUT2D eigenvalue weighted by Gasteiger charge is -2.34. The highest BCUT2D eigenvalue weighted by Crippen LogP contribution is 2.31. The summed E-state index contributed by atoms with van der Waals surface area (Å²) in [6, 6.07) is 8.92. The minimum absolute atomic E-state index is 0.0390. The highest BCUT2D eigenvalue weighted by Gasteiger charge is 2.23. The van der Waals surface area contributed by atoms with Gasteiger partial charge in [0.15, 0.2) is 0 Å². The van der Waals surface area contributed by atoms with E-state index in [1.54, 1.807) is 55.3 Å². The molecule has 3 rings (SSSR count). The molecule has 0 aliphatic carbocycles. The fraction of sp³-hybridized carbons (Fsp3) is 0.350. The molecule has 2 aromatic rings. The van der Waals surface area contributed by atoms with Crippen LogP contribution in [0.25, 0.3) is 0 Å². The van der Waals surface area contributed by atoms with Crippen LogP contribution in [0.15, 0.2) is 36.5 Å². The average Bonchev–Trinajstić information content (AvgIpc) is 2.73. The van der Waals surface area contributed by atoms with Crippen LogP contribution in [-0.4, -0.2) is 67.0 Å². The fourth-order valence-electron chi connectivity index (χ4n) is 3.05. The summed E-state index contributed by atoms with van der Waals surface area (Å²) >= 11 is 0. The quantitative estimate of drug-likeness (QED) is 0.850. The van der Waals surface area contributed by atoms with Gasteiger partial charge in [-0.25, -0.2) is 4.98 Å². The highest BCUT2D eigenvalue weighted by atomic mass is 16.5. The van der Waals surface area contributed by atoms with E-state index in [1.165, 1.54) is 0 Å². The molecule has 148 valence electrons. The lowest BCUT2D eigenvalue weighted by atomic mass is 10.2. The number of nitrogens with one attached hydrogen (secondary N) is 1. The molecular formula is C20H24N4O4. The molecule has 2 heterocycles. The second kappa shape index (κ2) is 8.60. The van der Waals surface area contributed by atoms with Crippen LogP contribution in [0.2, 0.25) is 0 Å². The van der Waals surface area contributed by atoms with Gasteiger partial charge in [-0.15, -0.1) is 0 Å². The maximum absolute atomic E-state index is 12.7. The molecule has 1 aliphatic rings. The first-order valence-electron chi connectivity index (χ1n) is 9.01. The van der Waals surface area contributed by atoms with Crippen molar-refractivity contribution in [2.45, 2.75) is 6.92 Å². The SMILES string of the molecule is COc1ccc(OC)c(Nc2ccc(C(=O)N3CCN(C(C)=O)CC3)cn2)c1. The smallest absolute Gasteiger partial charge is 0.255 e. The van der Waals surface area contributed by atoms with Crippen molar-refractivity contribution in [3.63, 3.8) is 0 Å². The van der Waals surface area contributed by atoms with Crippen molar-refractivity contribution >= 4 is 23.3 Å². The standard InChI is InChI=1S/C20H24N4O4/c1-14(25)23-8-10-24(11-9-23)20(26)15-4-7-19(21-13-15)22-17-12-16(27-2)5-6-18(17)28-3/h4-7,12-13H,8-11H2,1-3H3,(H,21,22). The van der Waals surface area contributed by atoms with Gasteiger partial charge in [0.25, 0.3) is 5.91 Å². The lowest BCUT2D eigenvalue weighted by Crippen LogP contribution is -2.50. The number of anilines is 2. The number of benzene rings is 1. The number of carbonyl (C=O) groups is 2. The van der Waals surface area contributed by atoms with Gasteiger partial charge in [0.2, 0.25) is 5.91 Å². The molecule has 1 aromatic heterocycles. The van der Waals surface area contributed by atoms with Crippen LogP contribution in [0.4, 0.5) is 11.5 Å². The van der Waals surface area contributed by atoms with Crippen molar-refractivity contribution in [3.05, 3.63) is 42.1 Å². The zero-order chi connectivity index (χ0) is 20.1. The summed E-state index contributed by atoms with van der Waals surface area (Å²) in [4.78, 5) is 31.9. The van der Waals surface area contributed by atoms with Gasteiger partial charge in [-0.1, -0.05) is 0 Å². The number of hydrogen-bond donors (Lipinski definition) is 1. The predicted octanol–water partition coefficient (Wildman–Crippen LogP) is 2.15. The number of ether oxygens (including phenoxy) is 2. The predicted molar refractivity (Wildman–Crippen MR) is 105 cm³/mol. The van der Waals surface area contributed by atoms with Crippen molar-refractivity contribution in [3.8, 4) is 11.5 Å². The van der Waals surface area contributed by atoms with Crippen molar-refractivity contribution < 1.29 is 19.1 Å². The summed E-state index contributed by atoms with van der Waals surface area (Å²) in [5, 5.41) is 3.18. The first-order valence-corrected chi connectivity index (χ1v) is 9.01. The highest BCUT2D eigenvalue weighted by molar-refractivity contribution is 5.94. The second-order valence-electron chi connectivity index (χ2n) is 6.42. The molecule has 2 amide bonds. The van der Waals surface area contributed by atoms with Crippen LogP contribution in [0.5, 0.6) is 11.5 Å². The number of rotatable bonds is 5. The van der Waals surface area contributed by atoms with E-state index in [1.807, 2.05) is 12.1 Å². The molecule has 0 bridgehead atoms. The van der Waals surface area contributed by atoms with Gasteiger partial charge < -0.3 is 24.6 Å². The van der Waals surface area contributed by atoms with Crippen LogP contribution in [0.1, 0.15) is 17.3 Å². The molecule has 1 aromatic carbocycles. The number of pyridine rings is 1. The third-order valence-corrected chi connectivity index (χ3v) is 4.69. The Hall–Kier alpha value is -3.29. The van der Waals surface area contributed by atoms with E-state index >= 15 is 0 Å². The number of hydrogen-bond acceptors (Lipinski definition) is 6. The van der Waals surface area contributed by atoms with E-state index in [0.717, 1.165) is 0 Å². The number of amides is 2. The van der Waals surface area contributed by atoms with E-state index in [0.29, 0.717) is 54.7 Å². The van der Waals surface area contributed by atoms with Crippen molar-refractivity contribution in [2.24, 2.45) is 0 Å². The van der Waals surface area contributed by atoms with Gasteiger partial charge in [-0.3, -0.25) is 9.59 Å². The topological polar surface area (TPSA) is 84.0 Å². The summed E-state index contributed by atoms with van der Waals surface area (Å²) in [7, 11) is 3.19. The molecule has 0 unspecified atom stereocenters. The first kappa shape index (κ1) is 19.5. The maximum atomic E-state index is 12.7. The Kier molecular flexibility index (Phi) is 5.98. The van der Waals surface area contributed by atoms with Gasteiger partial charge >= 0.3 is 0 Å². The molecule has 8 heteroatoms. The Morgan fingerprint density at radius 1 is 1.00 bits per heavy atom. The molecule has 0 atom stereocenters. The van der Waals surface area contributed by atoms with Gasteiger partial charge in [0.1, 0.15) is 17.3 Å². The van der Waals surface area contributed by atoms with E-state index in [9.17, 15) is 9.59 Å². The summed E-state index contributed by atoms with van der Waals surface area (Å²) in [6.07, 6.45) is 1.55. The molecule has 0 saturated carbocycles. The molecular weight excluding hydrogens is 360 g/mol. The van der Waals surface area contributed by atoms with Gasteiger partial charge in [-0.05, 0) is 24.3 Å². The molecule has 0 spiro atoms. The first-order chi connectivity index (χ1) is 13.5. The third kappa shape index (κ3) is 4.33. The lowest BCUT2D eigenvalue weighted by molar-refractivity contribution is -0.130. The summed E-state index contributed by atoms with van der Waals surface area (Å²) in [5.74, 6) is 1.90. The number of aromatic nitrogens is 1. The molecule has 1 aliphatic heterocycles. The van der Waals surface area contributed by atoms with Gasteiger partial charge in [-0.2, -0.15) is 0 Å². The van der Waals surface area contributed by atoms with Crippen LogP contribution in [0.3, 0.4) is 0 Å². The second-order valence-corrected chi connectivity index (χ2v) is 6.42. The molecule has 1 N–H and O–H groups in total. The van der Waals surface area contributed by atoms with Gasteiger partial charge in [0.05, 0.1) is 25.5 Å². The zero-order valence-electron chi connectivity index (χ0n) is 16.3. The zero-order valence-corrected chi connectivity index (χ0v) is 16.3. The minimum Gasteiger partial charge on any atom is -0.497 e. The number of nitrogens with zero attached hydrogens (tertiary/aromatic N) is 3. The van der Waals surface area contributed by atoms with Gasteiger partial charge in [0, 0.05) is 45.4 Å². The van der Waals surface area contributed by atoms with E-state index < -0.39 is 0 Å². The summed E-state index contributed by atoms with van der Waals surface area (Å²) in [5.41, 5.74) is 1.23. The maximum Gasteiger partial charge on any atom is 0.255 e. The van der Waals surface area contributed by atoms with Crippen molar-refractivity contribution in [1.29, 1.82) is 0 Å². The average molecular weight is 384 g/mol. The molecule has 1 saturated heterocycles. The molecule has 28 heavy (non-hydrogen) atoms. The van der Waals surface area contributed by atoms with Crippen LogP contribution in [0, 0.1) is 0 Å². The Morgan fingerprint density at radius 3 is 2.29 bits per heavy atom. The molecule has 1 fully saturated rings. The Morgan fingerprint density at radius 2 is 1.71 bits per heavy atom. The summed E-state index contributed by atoms with van der Waals surface area (Å²) in [6.45, 7) is 3.72. The van der Waals surface area contributed by atoms with Crippen LogP contribution in [-0.2, 0) is 4.79 Å². The normalized spacial score (nSPS) is 13.8. The van der Waals surface area contributed by atoms with E-state index in [-0.39, 0.29) is 11.8 Å². The Labute approximate surface area is 164 Å². The van der Waals surface area contributed by atoms with E-state index in [2.05, 4.69) is 10.3 Å². The van der Waals surface area contributed by atoms with E-state index in [4.69, 9.17) is 9.47 Å². The minimum atomic E-state index is -0.0822. The monoisotopic (exact) mass is 384 g/mol. The number of carbonyl (C=O) groups excluding carboxylic acids is 2. The van der Waals surface area contributed by atoms with Crippen LogP contribution < -0.4 is 14.8 Å². The molecule has 8 nitrogen and oxygen atoms in total. The van der Waals surface area contributed by atoms with Crippen molar-refractivity contribution in [2.75, 3.05) is 45.7 Å². The largest absolute Gasteiger partial charge is 0.497 e. The Bertz CT molecular complexity index is 846.